The van der Waals surface area contributed by atoms with E-state index in [1.165, 1.54) is 11.0 Å². The summed E-state index contributed by atoms with van der Waals surface area (Å²) < 4.78 is 29.1. The summed E-state index contributed by atoms with van der Waals surface area (Å²) in [4.78, 5) is 76.1. The second-order valence-electron chi connectivity index (χ2n) is 18.7. The normalized spacial score (nSPS) is 24.5. The van der Waals surface area contributed by atoms with Crippen LogP contribution in [-0.4, -0.2) is 105 Å². The molecule has 1 spiro atoms. The van der Waals surface area contributed by atoms with Crippen LogP contribution in [0.15, 0.2) is 48.8 Å². The van der Waals surface area contributed by atoms with Crippen LogP contribution in [0.4, 0.5) is 16.2 Å². The van der Waals surface area contributed by atoms with Crippen molar-refractivity contribution in [2.45, 2.75) is 58.5 Å². The van der Waals surface area contributed by atoms with E-state index in [0.717, 1.165) is 44.2 Å². The van der Waals surface area contributed by atoms with Gasteiger partial charge in [-0.3, -0.25) is 19.4 Å². The Morgan fingerprint density at radius 2 is 1.32 bits per heavy atom. The van der Waals surface area contributed by atoms with Crippen molar-refractivity contribution in [1.29, 1.82) is 0 Å². The molecule has 3 saturated carbocycles. The summed E-state index contributed by atoms with van der Waals surface area (Å²) in [6, 6.07) is 11.3. The third kappa shape index (κ3) is 6.68. The van der Waals surface area contributed by atoms with E-state index in [1.54, 1.807) is 41.1 Å². The first-order chi connectivity index (χ1) is 30.9. The van der Waals surface area contributed by atoms with Gasteiger partial charge in [0.15, 0.2) is 11.5 Å². The van der Waals surface area contributed by atoms with Crippen LogP contribution < -0.4 is 19.1 Å². The number of aryl methyl sites for hydroxylation is 3. The molecule has 4 N–H and O–H groups in total. The van der Waals surface area contributed by atoms with Gasteiger partial charge in [-0.05, 0) is 80.1 Å². The first-order valence-corrected chi connectivity index (χ1v) is 24.5. The number of amides is 3. The summed E-state index contributed by atoms with van der Waals surface area (Å²) in [6.07, 6.45) is 4.50. The number of ether oxygens (including phenoxy) is 2. The maximum Gasteiger partial charge on any atom is 0.524 e. The highest BCUT2D eigenvalue weighted by atomic mass is 35.5. The van der Waals surface area contributed by atoms with Crippen LogP contribution >= 0.6 is 43.2 Å². The molecule has 5 atom stereocenters. The van der Waals surface area contributed by atoms with Gasteiger partial charge in [0.1, 0.15) is 6.61 Å². The Bertz CT molecular complexity index is 2920. The molecule has 0 bridgehead atoms. The number of aromatic nitrogens is 2. The summed E-state index contributed by atoms with van der Waals surface area (Å²) in [5.41, 5.74) is 5.87. The van der Waals surface area contributed by atoms with E-state index in [1.807, 2.05) is 51.2 Å². The number of anilines is 2. The number of likely N-dealkylation sites (N-methyl/N-ethyl adjacent to an activating group) is 2. The topological polar surface area (TPSA) is 181 Å². The number of phosphoric ester groups is 1. The number of hydrogen-bond acceptors (Lipinski definition) is 8. The number of H-pyrrole nitrogens is 2. The number of nitrogens with one attached hydrogen (secondary N) is 2. The van der Waals surface area contributed by atoms with Crippen LogP contribution in [0, 0.1) is 37.0 Å². The second kappa shape index (κ2) is 15.4. The molecule has 0 saturated heterocycles. The van der Waals surface area contributed by atoms with Gasteiger partial charge >= 0.3 is 13.9 Å². The molecule has 19 heteroatoms. The Hall–Kier alpha value is -4.83. The van der Waals surface area contributed by atoms with Gasteiger partial charge in [0.05, 0.1) is 33.2 Å². The van der Waals surface area contributed by atoms with Gasteiger partial charge in [-0.2, -0.15) is 0 Å². The number of benzene rings is 3. The van der Waals surface area contributed by atoms with Crippen LogP contribution in [0.25, 0.3) is 21.8 Å². The Morgan fingerprint density at radius 1 is 0.815 bits per heavy atom. The first kappa shape index (κ1) is 44.0. The maximum atomic E-state index is 15.0. The monoisotopic (exact) mass is 962 g/mol. The van der Waals surface area contributed by atoms with Crippen LogP contribution in [0.2, 0.25) is 0 Å². The molecule has 10 rings (SSSR count). The zero-order chi connectivity index (χ0) is 46.1. The van der Waals surface area contributed by atoms with Gasteiger partial charge in [-0.1, -0.05) is 29.8 Å². The number of hydrogen-bond donors (Lipinski definition) is 4. The van der Waals surface area contributed by atoms with Crippen LogP contribution in [0.3, 0.4) is 0 Å². The van der Waals surface area contributed by atoms with Crippen LogP contribution in [0.5, 0.6) is 11.5 Å². The predicted octanol–water partition coefficient (Wildman–Crippen LogP) is 8.12. The van der Waals surface area contributed by atoms with Crippen molar-refractivity contribution >= 4 is 99.5 Å². The van der Waals surface area contributed by atoms with E-state index < -0.39 is 30.2 Å². The molecule has 0 radical (unpaired) electrons. The molecule has 15 nitrogen and oxygen atoms in total. The summed E-state index contributed by atoms with van der Waals surface area (Å²) in [7, 11) is -1.49. The third-order valence-electron chi connectivity index (χ3n) is 14.8. The lowest BCUT2D eigenvalue weighted by Crippen LogP contribution is -2.49. The quantitative estimate of drug-likeness (QED) is 0.0539. The number of carbonyl (C=O) groups is 3. The second-order valence-corrected chi connectivity index (χ2v) is 20.8. The van der Waals surface area contributed by atoms with Crippen molar-refractivity contribution in [3.63, 3.8) is 0 Å². The van der Waals surface area contributed by atoms with E-state index in [0.29, 0.717) is 79.6 Å². The maximum absolute atomic E-state index is 15.0. The van der Waals surface area contributed by atoms with E-state index in [2.05, 4.69) is 9.97 Å². The first-order valence-electron chi connectivity index (χ1n) is 21.5. The third-order valence-corrected chi connectivity index (χ3v) is 16.5. The van der Waals surface area contributed by atoms with E-state index >= 15 is 4.79 Å². The number of rotatable bonds is 12. The Kier molecular flexibility index (Phi) is 10.4. The number of phosphoric acid groups is 1. The minimum atomic E-state index is -4.94. The summed E-state index contributed by atoms with van der Waals surface area (Å²) in [5, 5.41) is 1.88. The fraction of sp³-hybridized carbons (Fsp3) is 0.435. The average molecular weight is 964 g/mol. The average Bonchev–Trinajstić information content (AvgIpc) is 3.64. The van der Waals surface area contributed by atoms with Crippen molar-refractivity contribution < 1.29 is 42.7 Å². The van der Waals surface area contributed by atoms with Gasteiger partial charge in [-0.25, -0.2) is 9.36 Å². The van der Waals surface area contributed by atoms with E-state index in [-0.39, 0.29) is 46.9 Å². The van der Waals surface area contributed by atoms with Crippen LogP contribution in [-0.2, 0) is 25.5 Å². The number of carbonyl (C=O) groups excluding carboxylic acids is 3. The highest BCUT2D eigenvalue weighted by molar-refractivity contribution is 7.80. The largest absolute Gasteiger partial charge is 0.524 e. The molecule has 3 aromatic carbocycles. The molecule has 3 aliphatic carbocycles. The number of fused-ring (bicyclic) bond motifs is 6. The van der Waals surface area contributed by atoms with Crippen molar-refractivity contribution in [3.8, 4) is 11.5 Å². The molecule has 4 heterocycles. The SMILES string of the molecule is Cc1ccc(COC(=S)N(C)CCN(C)C(=O)Oc2cc3c(c4c(C)c[nH]c24)C(CCl)CN3C(=O)C23CC4(C(=O)N5CC(CCl)c6c5cc(OP(=O)(O)O)c5[nH]cc(C)c65)CC24C3)cc1. The molecule has 342 valence electrons. The molecule has 65 heavy (non-hydrogen) atoms. The van der Waals surface area contributed by atoms with Crippen molar-refractivity contribution in [2.75, 3.05) is 61.8 Å². The lowest BCUT2D eigenvalue weighted by molar-refractivity contribution is -0.134. The predicted molar refractivity (Wildman–Crippen MR) is 251 cm³/mol. The number of alkyl halides is 2. The fourth-order valence-corrected chi connectivity index (χ4v) is 12.5. The van der Waals surface area contributed by atoms with Crippen molar-refractivity contribution in [3.05, 3.63) is 82.2 Å². The van der Waals surface area contributed by atoms with Gasteiger partial charge in [0.25, 0.3) is 5.17 Å². The Morgan fingerprint density at radius 3 is 1.83 bits per heavy atom. The molecule has 5 unspecified atom stereocenters. The zero-order valence-electron chi connectivity index (χ0n) is 36.5. The van der Waals surface area contributed by atoms with E-state index in [4.69, 9.17) is 49.4 Å². The molecule has 3 fully saturated rings. The minimum Gasteiger partial charge on any atom is -0.466 e. The number of nitrogens with zero attached hydrogens (tertiary/aromatic N) is 4. The molecule has 3 amide bonds. The van der Waals surface area contributed by atoms with Gasteiger partial charge in [-0.15, -0.1) is 23.2 Å². The fourth-order valence-electron chi connectivity index (χ4n) is 11.4. The van der Waals surface area contributed by atoms with Crippen molar-refractivity contribution in [1.82, 2.24) is 19.8 Å². The number of thiocarbonyl (C=S) groups is 1. The number of halogens is 2. The lowest BCUT2D eigenvalue weighted by atomic mass is 9.72. The smallest absolute Gasteiger partial charge is 0.466 e. The summed E-state index contributed by atoms with van der Waals surface area (Å²) >= 11 is 18.7. The molecule has 5 aliphatic rings. The molecule has 5 aromatic rings. The zero-order valence-corrected chi connectivity index (χ0v) is 39.7. The molecular weight excluding hydrogens is 914 g/mol. The summed E-state index contributed by atoms with van der Waals surface area (Å²) in [6.45, 7) is 7.52. The highest BCUT2D eigenvalue weighted by Gasteiger charge is 3.01. The van der Waals surface area contributed by atoms with Gasteiger partial charge < -0.3 is 43.6 Å². The lowest BCUT2D eigenvalue weighted by Gasteiger charge is -2.37. The minimum absolute atomic E-state index is 0.0571. The van der Waals surface area contributed by atoms with Crippen molar-refractivity contribution in [2.24, 2.45) is 16.2 Å². The molecule has 2 aromatic heterocycles. The van der Waals surface area contributed by atoms with Gasteiger partial charge in [0, 0.05) is 105 Å². The summed E-state index contributed by atoms with van der Waals surface area (Å²) in [5.74, 6) is 0.117. The van der Waals surface area contributed by atoms with Gasteiger partial charge in [0.2, 0.25) is 11.8 Å². The molecular formula is C46H49Cl2N6O9PS. The number of aromatic amines is 2. The molecule has 2 aliphatic heterocycles. The Balaban J connectivity index is 0.867. The highest BCUT2D eigenvalue weighted by Crippen LogP contribution is 3.01. The van der Waals surface area contributed by atoms with Crippen LogP contribution in [0.1, 0.15) is 64.5 Å². The van der Waals surface area contributed by atoms with E-state index in [9.17, 15) is 23.9 Å². The Labute approximate surface area is 390 Å². The standard InChI is InChI=1S/C46H49Cl2N6O9PS/c1-24-6-8-27(9-7-24)20-61-43(65)52(5)11-10-51(4)42(57)62-32-12-30-36(34-25(2)16-49-38(32)34)28(14-47)18-53(30)40(55)44-21-45(23-46(44,45)22-44)41(56)54-19-29(15-48)37-31(54)13-33(63-64(58,59)60)39-35(37)26(3)17-50-39/h6-9,12-13,16-17,28-29,49-50H,10-11,14-15,18-23H2,1-5H3,(H2,58,59,60).